The molecule has 1 rings (SSSR count). The number of amides is 1. The molecule has 0 heterocycles. The Hall–Kier alpha value is -1.59. The van der Waals surface area contributed by atoms with Crippen molar-refractivity contribution < 1.29 is 14.3 Å². The van der Waals surface area contributed by atoms with Crippen molar-refractivity contribution >= 4 is 5.91 Å². The SMILES string of the molecule is CCCOCCOc1ccccc1C(=O)NN. The van der Waals surface area contributed by atoms with Crippen LogP contribution in [0.5, 0.6) is 5.75 Å². The maximum absolute atomic E-state index is 11.4. The molecular weight excluding hydrogens is 220 g/mol. The average Bonchev–Trinajstić information content (AvgIpc) is 2.38. The Morgan fingerprint density at radius 2 is 2.06 bits per heavy atom. The molecule has 0 spiro atoms. The molecule has 5 heteroatoms. The van der Waals surface area contributed by atoms with Crippen molar-refractivity contribution in [2.75, 3.05) is 19.8 Å². The maximum Gasteiger partial charge on any atom is 0.268 e. The minimum absolute atomic E-state index is 0.366. The molecule has 1 aromatic carbocycles. The van der Waals surface area contributed by atoms with Crippen molar-refractivity contribution in [1.82, 2.24) is 5.43 Å². The van der Waals surface area contributed by atoms with E-state index in [1.54, 1.807) is 24.3 Å². The summed E-state index contributed by atoms with van der Waals surface area (Å²) in [4.78, 5) is 11.4. The van der Waals surface area contributed by atoms with Crippen LogP contribution in [0.3, 0.4) is 0 Å². The standard InChI is InChI=1S/C12H18N2O3/c1-2-7-16-8-9-17-11-6-4-3-5-10(11)12(15)14-13/h3-6H,2,7-9,13H2,1H3,(H,14,15). The van der Waals surface area contributed by atoms with Gasteiger partial charge in [0.05, 0.1) is 12.2 Å². The lowest BCUT2D eigenvalue weighted by Crippen LogP contribution is -2.30. The third-order valence-corrected chi connectivity index (χ3v) is 2.10. The summed E-state index contributed by atoms with van der Waals surface area (Å²) in [6, 6.07) is 6.94. The van der Waals surface area contributed by atoms with Crippen molar-refractivity contribution in [3.05, 3.63) is 29.8 Å². The van der Waals surface area contributed by atoms with Gasteiger partial charge in [-0.1, -0.05) is 19.1 Å². The molecule has 0 saturated heterocycles. The summed E-state index contributed by atoms with van der Waals surface area (Å²) >= 11 is 0. The van der Waals surface area contributed by atoms with Gasteiger partial charge in [0.2, 0.25) is 0 Å². The number of hydrazine groups is 1. The zero-order chi connectivity index (χ0) is 12.5. The minimum atomic E-state index is -0.366. The fraction of sp³-hybridized carbons (Fsp3) is 0.417. The second-order valence-corrected chi connectivity index (χ2v) is 3.43. The van der Waals surface area contributed by atoms with E-state index in [4.69, 9.17) is 15.3 Å². The van der Waals surface area contributed by atoms with Gasteiger partial charge in [-0.15, -0.1) is 0 Å². The van der Waals surface area contributed by atoms with E-state index in [1.165, 1.54) is 0 Å². The minimum Gasteiger partial charge on any atom is -0.490 e. The lowest BCUT2D eigenvalue weighted by molar-refractivity contribution is 0.0924. The van der Waals surface area contributed by atoms with Gasteiger partial charge in [0.25, 0.3) is 5.91 Å². The Kier molecular flexibility index (Phi) is 6.06. The molecule has 0 fully saturated rings. The van der Waals surface area contributed by atoms with Crippen LogP contribution < -0.4 is 16.0 Å². The molecular formula is C12H18N2O3. The van der Waals surface area contributed by atoms with Crippen molar-refractivity contribution in [2.45, 2.75) is 13.3 Å². The van der Waals surface area contributed by atoms with Gasteiger partial charge in [-0.05, 0) is 18.6 Å². The summed E-state index contributed by atoms with van der Waals surface area (Å²) in [5.74, 6) is 5.23. The van der Waals surface area contributed by atoms with Gasteiger partial charge in [0, 0.05) is 6.61 Å². The average molecular weight is 238 g/mol. The molecule has 3 N–H and O–H groups in total. The lowest BCUT2D eigenvalue weighted by Gasteiger charge is -2.10. The summed E-state index contributed by atoms with van der Waals surface area (Å²) in [7, 11) is 0. The highest BCUT2D eigenvalue weighted by molar-refractivity contribution is 5.96. The summed E-state index contributed by atoms with van der Waals surface area (Å²) in [5, 5.41) is 0. The number of ether oxygens (including phenoxy) is 2. The van der Waals surface area contributed by atoms with Crippen molar-refractivity contribution in [3.8, 4) is 5.75 Å². The highest BCUT2D eigenvalue weighted by atomic mass is 16.5. The number of carbonyl (C=O) groups excluding carboxylic acids is 1. The van der Waals surface area contributed by atoms with Gasteiger partial charge >= 0.3 is 0 Å². The summed E-state index contributed by atoms with van der Waals surface area (Å²) < 4.78 is 10.7. The first-order valence-corrected chi connectivity index (χ1v) is 5.60. The number of hydrogen-bond acceptors (Lipinski definition) is 4. The molecule has 0 radical (unpaired) electrons. The molecule has 0 saturated carbocycles. The van der Waals surface area contributed by atoms with Gasteiger partial charge in [-0.25, -0.2) is 5.84 Å². The first kappa shape index (κ1) is 13.5. The van der Waals surface area contributed by atoms with Crippen LogP contribution in [0.1, 0.15) is 23.7 Å². The van der Waals surface area contributed by atoms with E-state index in [9.17, 15) is 4.79 Å². The number of carbonyl (C=O) groups is 1. The molecule has 0 aliphatic carbocycles. The molecule has 1 aromatic rings. The molecule has 0 aromatic heterocycles. The molecule has 5 nitrogen and oxygen atoms in total. The second-order valence-electron chi connectivity index (χ2n) is 3.43. The van der Waals surface area contributed by atoms with Gasteiger partial charge < -0.3 is 9.47 Å². The third-order valence-electron chi connectivity index (χ3n) is 2.10. The molecule has 0 unspecified atom stereocenters. The first-order valence-electron chi connectivity index (χ1n) is 5.60. The molecule has 1 amide bonds. The van der Waals surface area contributed by atoms with Gasteiger partial charge in [-0.3, -0.25) is 10.2 Å². The normalized spacial score (nSPS) is 10.0. The highest BCUT2D eigenvalue weighted by Gasteiger charge is 2.09. The number of benzene rings is 1. The van der Waals surface area contributed by atoms with E-state index < -0.39 is 0 Å². The quantitative estimate of drug-likeness (QED) is 0.323. The van der Waals surface area contributed by atoms with E-state index in [-0.39, 0.29) is 5.91 Å². The fourth-order valence-electron chi connectivity index (χ4n) is 1.31. The van der Waals surface area contributed by atoms with E-state index in [0.717, 1.165) is 6.42 Å². The van der Waals surface area contributed by atoms with Crippen LogP contribution in [0.4, 0.5) is 0 Å². The topological polar surface area (TPSA) is 73.6 Å². The monoisotopic (exact) mass is 238 g/mol. The molecule has 94 valence electrons. The second kappa shape index (κ2) is 7.65. The van der Waals surface area contributed by atoms with E-state index >= 15 is 0 Å². The van der Waals surface area contributed by atoms with Crippen molar-refractivity contribution in [2.24, 2.45) is 5.84 Å². The van der Waals surface area contributed by atoms with E-state index in [0.29, 0.717) is 31.1 Å². The Morgan fingerprint density at radius 3 is 2.76 bits per heavy atom. The van der Waals surface area contributed by atoms with Crippen molar-refractivity contribution in [1.29, 1.82) is 0 Å². The van der Waals surface area contributed by atoms with Gasteiger partial charge in [-0.2, -0.15) is 0 Å². The fourth-order valence-corrected chi connectivity index (χ4v) is 1.31. The smallest absolute Gasteiger partial charge is 0.268 e. The van der Waals surface area contributed by atoms with E-state index in [2.05, 4.69) is 5.43 Å². The molecule has 0 aliphatic heterocycles. The molecule has 17 heavy (non-hydrogen) atoms. The molecule has 0 atom stereocenters. The van der Waals surface area contributed by atoms with Crippen LogP contribution >= 0.6 is 0 Å². The largest absolute Gasteiger partial charge is 0.490 e. The highest BCUT2D eigenvalue weighted by Crippen LogP contribution is 2.17. The Morgan fingerprint density at radius 1 is 1.29 bits per heavy atom. The number of nitrogen functional groups attached to an aromatic ring is 1. The number of hydrogen-bond donors (Lipinski definition) is 2. The summed E-state index contributed by atoms with van der Waals surface area (Å²) in [6.45, 7) is 3.68. The Bertz CT molecular complexity index is 355. The van der Waals surface area contributed by atoms with Gasteiger partial charge in [0.15, 0.2) is 0 Å². The number of rotatable bonds is 7. The number of nitrogens with two attached hydrogens (primary N) is 1. The Labute approximate surface area is 101 Å². The molecule has 0 aliphatic rings. The predicted molar refractivity (Wildman–Crippen MR) is 64.7 cm³/mol. The van der Waals surface area contributed by atoms with Crippen LogP contribution in [0.2, 0.25) is 0 Å². The predicted octanol–water partition coefficient (Wildman–Crippen LogP) is 1.10. The number of nitrogens with one attached hydrogen (secondary N) is 1. The summed E-state index contributed by atoms with van der Waals surface area (Å²) in [5.41, 5.74) is 2.50. The maximum atomic E-state index is 11.4. The number of para-hydroxylation sites is 1. The first-order chi connectivity index (χ1) is 8.29. The zero-order valence-corrected chi connectivity index (χ0v) is 9.94. The zero-order valence-electron chi connectivity index (χ0n) is 9.94. The Balaban J connectivity index is 2.49. The van der Waals surface area contributed by atoms with Crippen LogP contribution in [-0.4, -0.2) is 25.7 Å². The summed E-state index contributed by atoms with van der Waals surface area (Å²) in [6.07, 6.45) is 0.978. The third kappa shape index (κ3) is 4.42. The van der Waals surface area contributed by atoms with Crippen LogP contribution in [0.15, 0.2) is 24.3 Å². The van der Waals surface area contributed by atoms with Crippen LogP contribution in [0.25, 0.3) is 0 Å². The van der Waals surface area contributed by atoms with Crippen LogP contribution in [-0.2, 0) is 4.74 Å². The lowest BCUT2D eigenvalue weighted by atomic mass is 10.2. The van der Waals surface area contributed by atoms with Gasteiger partial charge in [0.1, 0.15) is 12.4 Å². The van der Waals surface area contributed by atoms with Crippen molar-refractivity contribution in [3.63, 3.8) is 0 Å². The van der Waals surface area contributed by atoms with E-state index in [1.807, 2.05) is 6.92 Å². The molecule has 0 bridgehead atoms. The van der Waals surface area contributed by atoms with Crippen LogP contribution in [0, 0.1) is 0 Å².